The first-order valence-corrected chi connectivity index (χ1v) is 8.99. The molecule has 1 unspecified atom stereocenters. The molecule has 0 spiro atoms. The van der Waals surface area contributed by atoms with Gasteiger partial charge in [-0.15, -0.1) is 21.5 Å². The SMILES string of the molecule is CC1CCc2sc(-c3nnc(SCC(=O)NC(N)=O)o3)cc2C1. The van der Waals surface area contributed by atoms with E-state index in [4.69, 9.17) is 10.2 Å². The largest absolute Gasteiger partial charge is 0.410 e. The molecule has 3 rings (SSSR count). The maximum Gasteiger partial charge on any atom is 0.318 e. The summed E-state index contributed by atoms with van der Waals surface area (Å²) in [6.45, 7) is 2.26. The summed E-state index contributed by atoms with van der Waals surface area (Å²) in [5.41, 5.74) is 6.24. The lowest BCUT2D eigenvalue weighted by Gasteiger charge is -2.16. The summed E-state index contributed by atoms with van der Waals surface area (Å²) < 4.78 is 5.58. The van der Waals surface area contributed by atoms with E-state index in [0.29, 0.717) is 17.0 Å². The molecule has 0 saturated carbocycles. The molecule has 0 fully saturated rings. The van der Waals surface area contributed by atoms with E-state index >= 15 is 0 Å². The van der Waals surface area contributed by atoms with Crippen LogP contribution in [-0.2, 0) is 17.6 Å². The summed E-state index contributed by atoms with van der Waals surface area (Å²) in [7, 11) is 0. The third-order valence-corrected chi connectivity index (χ3v) is 5.58. The van der Waals surface area contributed by atoms with Crippen molar-refractivity contribution in [3.8, 4) is 10.8 Å². The number of fused-ring (bicyclic) bond motifs is 1. The molecule has 0 aliphatic heterocycles. The Bertz CT molecular complexity index is 740. The van der Waals surface area contributed by atoms with Crippen molar-refractivity contribution < 1.29 is 14.0 Å². The second kappa shape index (κ2) is 6.71. The first-order chi connectivity index (χ1) is 11.0. The lowest BCUT2D eigenvalue weighted by atomic mass is 9.90. The average Bonchev–Trinajstić information content (AvgIpc) is 3.10. The fraction of sp³-hybridized carbons (Fsp3) is 0.429. The molecule has 0 bridgehead atoms. The Hall–Kier alpha value is -1.87. The van der Waals surface area contributed by atoms with E-state index in [1.54, 1.807) is 11.3 Å². The summed E-state index contributed by atoms with van der Waals surface area (Å²) >= 11 is 2.76. The van der Waals surface area contributed by atoms with E-state index in [2.05, 4.69) is 23.2 Å². The molecular formula is C14H16N4O3S2. The van der Waals surface area contributed by atoms with Crippen molar-refractivity contribution in [2.75, 3.05) is 5.75 Å². The predicted molar refractivity (Wildman–Crippen MR) is 87.3 cm³/mol. The van der Waals surface area contributed by atoms with Gasteiger partial charge in [-0.2, -0.15) is 0 Å². The van der Waals surface area contributed by atoms with Crippen molar-refractivity contribution in [1.82, 2.24) is 15.5 Å². The summed E-state index contributed by atoms with van der Waals surface area (Å²) in [5.74, 6) is 0.670. The molecule has 7 nitrogen and oxygen atoms in total. The Labute approximate surface area is 141 Å². The molecule has 2 aromatic rings. The van der Waals surface area contributed by atoms with Gasteiger partial charge in [0.05, 0.1) is 10.6 Å². The van der Waals surface area contributed by atoms with E-state index < -0.39 is 11.9 Å². The monoisotopic (exact) mass is 352 g/mol. The molecule has 1 aliphatic rings. The van der Waals surface area contributed by atoms with Crippen LogP contribution in [0.4, 0.5) is 4.79 Å². The molecule has 1 atom stereocenters. The van der Waals surface area contributed by atoms with Crippen LogP contribution in [0.15, 0.2) is 15.7 Å². The average molecular weight is 352 g/mol. The molecule has 1 aliphatic carbocycles. The minimum atomic E-state index is -0.875. The van der Waals surface area contributed by atoms with Gasteiger partial charge < -0.3 is 10.2 Å². The van der Waals surface area contributed by atoms with E-state index in [-0.39, 0.29) is 5.75 Å². The van der Waals surface area contributed by atoms with Gasteiger partial charge in [-0.25, -0.2) is 4.79 Å². The highest BCUT2D eigenvalue weighted by Crippen LogP contribution is 2.37. The fourth-order valence-electron chi connectivity index (χ4n) is 2.48. The van der Waals surface area contributed by atoms with Crippen LogP contribution in [0.1, 0.15) is 23.8 Å². The number of nitrogens with zero attached hydrogens (tertiary/aromatic N) is 2. The standard InChI is InChI=1S/C14H16N4O3S2/c1-7-2-3-9-8(4-7)5-10(23-9)12-17-18-14(21-12)22-6-11(19)16-13(15)20/h5,7H,2-4,6H2,1H3,(H3,15,16,19,20). The summed E-state index contributed by atoms with van der Waals surface area (Å²) in [5, 5.41) is 10.2. The Kier molecular flexibility index (Phi) is 4.67. The van der Waals surface area contributed by atoms with Crippen LogP contribution in [0, 0.1) is 5.92 Å². The van der Waals surface area contributed by atoms with Crippen LogP contribution in [0.5, 0.6) is 0 Å². The number of carbonyl (C=O) groups excluding carboxylic acids is 2. The van der Waals surface area contributed by atoms with Gasteiger partial charge in [-0.1, -0.05) is 18.7 Å². The third kappa shape index (κ3) is 3.91. The van der Waals surface area contributed by atoms with E-state index in [1.165, 1.54) is 16.9 Å². The maximum absolute atomic E-state index is 11.3. The van der Waals surface area contributed by atoms with Crippen molar-refractivity contribution in [2.45, 2.75) is 31.4 Å². The first kappa shape index (κ1) is 16.0. The lowest BCUT2D eigenvalue weighted by molar-refractivity contribution is -0.117. The fourth-order valence-corrected chi connectivity index (χ4v) is 4.17. The van der Waals surface area contributed by atoms with Crippen molar-refractivity contribution in [3.63, 3.8) is 0 Å². The number of hydrogen-bond acceptors (Lipinski definition) is 7. The molecule has 0 aromatic carbocycles. The molecule has 2 heterocycles. The number of urea groups is 1. The first-order valence-electron chi connectivity index (χ1n) is 7.19. The molecule has 2 aromatic heterocycles. The molecule has 3 N–H and O–H groups in total. The topological polar surface area (TPSA) is 111 Å². The van der Waals surface area contributed by atoms with Crippen molar-refractivity contribution in [2.24, 2.45) is 11.7 Å². The number of nitrogens with two attached hydrogens (primary N) is 1. The number of nitrogens with one attached hydrogen (secondary N) is 1. The number of primary amides is 1. The van der Waals surface area contributed by atoms with Crippen molar-refractivity contribution in [1.29, 1.82) is 0 Å². The number of amides is 3. The zero-order valence-corrected chi connectivity index (χ0v) is 14.1. The summed E-state index contributed by atoms with van der Waals surface area (Å²) in [6, 6.07) is 1.25. The van der Waals surface area contributed by atoms with E-state index in [9.17, 15) is 9.59 Å². The summed E-state index contributed by atoms with van der Waals surface area (Å²) in [6.07, 6.45) is 3.41. The molecule has 23 heavy (non-hydrogen) atoms. The highest BCUT2D eigenvalue weighted by molar-refractivity contribution is 7.99. The Morgan fingerprint density at radius 3 is 3.13 bits per heavy atom. The number of imide groups is 1. The van der Waals surface area contributed by atoms with E-state index in [0.717, 1.165) is 29.5 Å². The van der Waals surface area contributed by atoms with Crippen LogP contribution in [0.3, 0.4) is 0 Å². The smallest absolute Gasteiger partial charge is 0.318 e. The quantitative estimate of drug-likeness (QED) is 0.816. The molecule has 122 valence electrons. The molecule has 0 radical (unpaired) electrons. The van der Waals surface area contributed by atoms with Crippen LogP contribution in [-0.4, -0.2) is 27.9 Å². The van der Waals surface area contributed by atoms with Crippen molar-refractivity contribution in [3.05, 3.63) is 16.5 Å². The minimum Gasteiger partial charge on any atom is -0.410 e. The van der Waals surface area contributed by atoms with Gasteiger partial charge in [0.1, 0.15) is 0 Å². The molecule has 3 amide bonds. The highest BCUT2D eigenvalue weighted by Gasteiger charge is 2.21. The maximum atomic E-state index is 11.3. The Balaban J connectivity index is 1.65. The van der Waals surface area contributed by atoms with E-state index in [1.807, 2.05) is 5.32 Å². The Morgan fingerprint density at radius 1 is 1.52 bits per heavy atom. The molecule has 9 heteroatoms. The third-order valence-electron chi connectivity index (χ3n) is 3.54. The second-order valence-corrected chi connectivity index (χ2v) is 7.54. The normalized spacial score (nSPS) is 16.8. The lowest BCUT2D eigenvalue weighted by Crippen LogP contribution is -2.36. The number of carbonyl (C=O) groups is 2. The number of aryl methyl sites for hydroxylation is 1. The van der Waals surface area contributed by atoms with Crippen LogP contribution in [0.2, 0.25) is 0 Å². The van der Waals surface area contributed by atoms with Gasteiger partial charge in [0.15, 0.2) is 0 Å². The Morgan fingerprint density at radius 2 is 2.35 bits per heavy atom. The van der Waals surface area contributed by atoms with Crippen LogP contribution in [0.25, 0.3) is 10.8 Å². The number of thiophene rings is 1. The number of aromatic nitrogens is 2. The summed E-state index contributed by atoms with van der Waals surface area (Å²) in [4.78, 5) is 24.3. The van der Waals surface area contributed by atoms with Gasteiger partial charge >= 0.3 is 6.03 Å². The number of thioether (sulfide) groups is 1. The van der Waals surface area contributed by atoms with Gasteiger partial charge in [0.25, 0.3) is 11.1 Å². The zero-order chi connectivity index (χ0) is 16.4. The highest BCUT2D eigenvalue weighted by atomic mass is 32.2. The van der Waals surface area contributed by atoms with Crippen LogP contribution >= 0.6 is 23.1 Å². The van der Waals surface area contributed by atoms with Crippen molar-refractivity contribution >= 4 is 35.0 Å². The van der Waals surface area contributed by atoms with Gasteiger partial charge in [0.2, 0.25) is 5.91 Å². The van der Waals surface area contributed by atoms with Crippen LogP contribution < -0.4 is 11.1 Å². The van der Waals surface area contributed by atoms with Gasteiger partial charge in [-0.05, 0) is 36.8 Å². The van der Waals surface area contributed by atoms with Gasteiger partial charge in [0, 0.05) is 4.88 Å². The molecular weight excluding hydrogens is 336 g/mol. The zero-order valence-electron chi connectivity index (χ0n) is 12.5. The number of hydrogen-bond donors (Lipinski definition) is 2. The van der Waals surface area contributed by atoms with Gasteiger partial charge in [-0.3, -0.25) is 10.1 Å². The minimum absolute atomic E-state index is 0.0109. The molecule has 0 saturated heterocycles. The second-order valence-electron chi connectivity index (χ2n) is 5.48. The predicted octanol–water partition coefficient (Wildman–Crippen LogP) is 2.21. The number of rotatable bonds is 4.